The Bertz CT molecular complexity index is 1090. The molecule has 2 aliphatic rings. The van der Waals surface area contributed by atoms with Crippen molar-refractivity contribution in [3.05, 3.63) is 65.7 Å². The smallest absolute Gasteiger partial charge is 0.306 e. The van der Waals surface area contributed by atoms with Gasteiger partial charge in [-0.1, -0.05) is 48.9 Å². The first kappa shape index (κ1) is 24.4. The van der Waals surface area contributed by atoms with E-state index in [0.717, 1.165) is 37.7 Å². The van der Waals surface area contributed by atoms with Crippen LogP contribution in [0.5, 0.6) is 0 Å². The van der Waals surface area contributed by atoms with Crippen molar-refractivity contribution in [2.75, 3.05) is 26.2 Å². The number of carbonyl (C=O) groups is 2. The van der Waals surface area contributed by atoms with E-state index in [-0.39, 0.29) is 29.2 Å². The topological polar surface area (TPSA) is 92.8 Å². The zero-order valence-electron chi connectivity index (χ0n) is 19.4. The fourth-order valence-electron chi connectivity index (χ4n) is 4.65. The number of carbonyl (C=O) groups excluding carboxylic acids is 2. The van der Waals surface area contributed by atoms with Crippen LogP contribution < -0.4 is 5.32 Å². The summed E-state index contributed by atoms with van der Waals surface area (Å²) in [5, 5.41) is 2.92. The van der Waals surface area contributed by atoms with Crippen molar-refractivity contribution in [2.45, 2.75) is 55.3 Å². The van der Waals surface area contributed by atoms with Crippen LogP contribution in [0.2, 0.25) is 0 Å². The molecule has 2 aromatic rings. The molecule has 1 saturated heterocycles. The minimum Gasteiger partial charge on any atom is -0.456 e. The molecule has 0 aromatic heterocycles. The number of benzene rings is 2. The van der Waals surface area contributed by atoms with Gasteiger partial charge in [-0.2, -0.15) is 4.31 Å². The summed E-state index contributed by atoms with van der Waals surface area (Å²) in [6.07, 6.45) is 5.55. The van der Waals surface area contributed by atoms with Gasteiger partial charge in [0.1, 0.15) is 0 Å². The van der Waals surface area contributed by atoms with Crippen LogP contribution in [0.3, 0.4) is 0 Å². The van der Waals surface area contributed by atoms with Crippen molar-refractivity contribution < 1.29 is 22.7 Å². The molecule has 1 saturated carbocycles. The Hall–Kier alpha value is -2.71. The van der Waals surface area contributed by atoms with Gasteiger partial charge < -0.3 is 10.1 Å². The number of ether oxygens (including phenoxy) is 1. The van der Waals surface area contributed by atoms with Gasteiger partial charge in [0.05, 0.1) is 4.90 Å². The van der Waals surface area contributed by atoms with E-state index >= 15 is 0 Å². The highest BCUT2D eigenvalue weighted by atomic mass is 32.2. The highest BCUT2D eigenvalue weighted by Crippen LogP contribution is 2.43. The predicted octanol–water partition coefficient (Wildman–Crippen LogP) is 3.19. The zero-order chi connectivity index (χ0) is 24.0. The van der Waals surface area contributed by atoms with Crippen molar-refractivity contribution in [1.82, 2.24) is 9.62 Å². The van der Waals surface area contributed by atoms with Gasteiger partial charge in [0.25, 0.3) is 5.91 Å². The summed E-state index contributed by atoms with van der Waals surface area (Å²) in [6, 6.07) is 16.8. The summed E-state index contributed by atoms with van der Waals surface area (Å²) < 4.78 is 31.8. The molecule has 2 fully saturated rings. The summed E-state index contributed by atoms with van der Waals surface area (Å²) in [4.78, 5) is 24.6. The third-order valence-electron chi connectivity index (χ3n) is 6.93. The quantitative estimate of drug-likeness (QED) is 0.523. The van der Waals surface area contributed by atoms with Crippen LogP contribution in [-0.2, 0) is 36.2 Å². The van der Waals surface area contributed by atoms with Crippen LogP contribution in [0, 0.1) is 0 Å². The Kier molecular flexibility index (Phi) is 7.68. The average Bonchev–Trinajstić information content (AvgIpc) is 3.38. The van der Waals surface area contributed by atoms with Crippen LogP contribution in [0.15, 0.2) is 59.5 Å². The van der Waals surface area contributed by atoms with Gasteiger partial charge in [0.2, 0.25) is 10.0 Å². The van der Waals surface area contributed by atoms with Gasteiger partial charge in [-0.25, -0.2) is 8.42 Å². The van der Waals surface area contributed by atoms with Crippen molar-refractivity contribution in [2.24, 2.45) is 0 Å². The van der Waals surface area contributed by atoms with Gasteiger partial charge in [0.15, 0.2) is 6.61 Å². The number of esters is 1. The average molecular weight is 485 g/mol. The lowest BCUT2D eigenvalue weighted by atomic mass is 9.64. The molecule has 8 heteroatoms. The summed E-state index contributed by atoms with van der Waals surface area (Å²) in [5.41, 5.74) is 2.06. The van der Waals surface area contributed by atoms with Gasteiger partial charge in [-0.05, 0) is 55.4 Å². The normalized spacial score (nSPS) is 17.6. The van der Waals surface area contributed by atoms with E-state index in [2.05, 4.69) is 17.4 Å². The Morgan fingerprint density at radius 2 is 1.62 bits per heavy atom. The fourth-order valence-corrected chi connectivity index (χ4v) is 6.17. The van der Waals surface area contributed by atoms with Crippen molar-refractivity contribution in [3.8, 4) is 0 Å². The first-order chi connectivity index (χ1) is 16.4. The Morgan fingerprint density at radius 3 is 2.24 bits per heavy atom. The zero-order valence-corrected chi connectivity index (χ0v) is 20.2. The molecule has 34 heavy (non-hydrogen) atoms. The molecule has 0 atom stereocenters. The van der Waals surface area contributed by atoms with Crippen LogP contribution in [-0.4, -0.2) is 50.8 Å². The molecule has 4 rings (SSSR count). The number of hydrogen-bond donors (Lipinski definition) is 1. The molecule has 2 aromatic carbocycles. The molecule has 1 N–H and O–H groups in total. The number of nitrogens with one attached hydrogen (secondary N) is 1. The third-order valence-corrected chi connectivity index (χ3v) is 8.84. The second-order valence-electron chi connectivity index (χ2n) is 9.19. The van der Waals surface area contributed by atoms with E-state index in [0.29, 0.717) is 26.1 Å². The SMILES string of the molecule is O=C(COC(=O)CCc1ccc(S(=O)(=O)N2CCCC2)cc1)NCC1(c2ccccc2)CCC1. The number of rotatable bonds is 10. The lowest BCUT2D eigenvalue weighted by Gasteiger charge is -2.42. The largest absolute Gasteiger partial charge is 0.456 e. The first-order valence-corrected chi connectivity index (χ1v) is 13.4. The van der Waals surface area contributed by atoms with E-state index in [1.54, 1.807) is 24.3 Å². The molecule has 182 valence electrons. The van der Waals surface area contributed by atoms with Gasteiger partial charge in [-0.3, -0.25) is 9.59 Å². The van der Waals surface area contributed by atoms with Gasteiger partial charge in [0, 0.05) is 31.5 Å². The molecule has 1 aliphatic carbocycles. The van der Waals surface area contributed by atoms with E-state index in [1.807, 2.05) is 18.2 Å². The van der Waals surface area contributed by atoms with E-state index in [9.17, 15) is 18.0 Å². The maximum absolute atomic E-state index is 12.6. The molecular formula is C26H32N2O5S. The van der Waals surface area contributed by atoms with Crippen molar-refractivity contribution in [3.63, 3.8) is 0 Å². The van der Waals surface area contributed by atoms with Gasteiger partial charge in [-0.15, -0.1) is 0 Å². The summed E-state index contributed by atoms with van der Waals surface area (Å²) >= 11 is 0. The number of aryl methyl sites for hydroxylation is 1. The predicted molar refractivity (Wildman–Crippen MR) is 129 cm³/mol. The van der Waals surface area contributed by atoms with Crippen LogP contribution in [0.4, 0.5) is 0 Å². The number of sulfonamides is 1. The Balaban J connectivity index is 1.19. The first-order valence-electron chi connectivity index (χ1n) is 12.0. The highest BCUT2D eigenvalue weighted by molar-refractivity contribution is 7.89. The Morgan fingerprint density at radius 1 is 0.941 bits per heavy atom. The van der Waals surface area contributed by atoms with E-state index in [4.69, 9.17) is 4.74 Å². The Labute approximate surface area is 201 Å². The van der Waals surface area contributed by atoms with Crippen molar-refractivity contribution in [1.29, 1.82) is 0 Å². The fraction of sp³-hybridized carbons (Fsp3) is 0.462. The van der Waals surface area contributed by atoms with Crippen LogP contribution >= 0.6 is 0 Å². The number of hydrogen-bond acceptors (Lipinski definition) is 5. The standard InChI is InChI=1S/C26H32N2O5S/c29-24(27-20-26(15-6-16-26)22-7-2-1-3-8-22)19-33-25(30)14-11-21-9-12-23(13-10-21)34(31,32)28-17-4-5-18-28/h1-3,7-10,12-13H,4-6,11,14-20H2,(H,27,29). The summed E-state index contributed by atoms with van der Waals surface area (Å²) in [6.45, 7) is 1.38. The van der Waals surface area contributed by atoms with Crippen LogP contribution in [0.1, 0.15) is 49.7 Å². The lowest BCUT2D eigenvalue weighted by molar-refractivity contribution is -0.148. The molecule has 7 nitrogen and oxygen atoms in total. The minimum absolute atomic E-state index is 0.0185. The molecular weight excluding hydrogens is 452 g/mol. The second kappa shape index (κ2) is 10.7. The molecule has 1 amide bonds. The maximum Gasteiger partial charge on any atom is 0.306 e. The lowest BCUT2D eigenvalue weighted by Crippen LogP contribution is -2.46. The molecule has 0 spiro atoms. The van der Waals surface area contributed by atoms with Crippen LogP contribution in [0.25, 0.3) is 0 Å². The second-order valence-corrected chi connectivity index (χ2v) is 11.1. The highest BCUT2D eigenvalue weighted by Gasteiger charge is 2.38. The maximum atomic E-state index is 12.6. The molecule has 0 radical (unpaired) electrons. The van der Waals surface area contributed by atoms with E-state index < -0.39 is 16.0 Å². The van der Waals surface area contributed by atoms with Gasteiger partial charge >= 0.3 is 5.97 Å². The number of nitrogens with zero attached hydrogens (tertiary/aromatic N) is 1. The third kappa shape index (κ3) is 5.67. The molecule has 0 unspecified atom stereocenters. The summed E-state index contributed by atoms with van der Waals surface area (Å²) in [5.74, 6) is -0.752. The monoisotopic (exact) mass is 484 g/mol. The minimum atomic E-state index is -3.44. The molecule has 1 heterocycles. The van der Waals surface area contributed by atoms with E-state index in [1.165, 1.54) is 9.87 Å². The van der Waals surface area contributed by atoms with Crippen molar-refractivity contribution >= 4 is 21.9 Å². The molecule has 0 bridgehead atoms. The summed E-state index contributed by atoms with van der Waals surface area (Å²) in [7, 11) is -3.44. The molecule has 1 aliphatic heterocycles. The number of amides is 1.